The van der Waals surface area contributed by atoms with Gasteiger partial charge in [-0.1, -0.05) is 48.5 Å². The molecule has 0 saturated carbocycles. The predicted molar refractivity (Wildman–Crippen MR) is 137 cm³/mol. The summed E-state index contributed by atoms with van der Waals surface area (Å²) in [5.74, 6) is 2.65. The van der Waals surface area contributed by atoms with Gasteiger partial charge >= 0.3 is 0 Å². The number of hydrogen-bond acceptors (Lipinski definition) is 5. The van der Waals surface area contributed by atoms with Gasteiger partial charge in [-0.3, -0.25) is 14.4 Å². The Morgan fingerprint density at radius 2 is 1.46 bits per heavy atom. The highest BCUT2D eigenvalue weighted by atomic mass is 16.7. The lowest BCUT2D eigenvalue weighted by Gasteiger charge is -2.35. The van der Waals surface area contributed by atoms with Gasteiger partial charge in [-0.05, 0) is 48.4 Å². The molecule has 4 heterocycles. The molecule has 0 unspecified atom stereocenters. The van der Waals surface area contributed by atoms with E-state index in [1.54, 1.807) is 0 Å². The summed E-state index contributed by atoms with van der Waals surface area (Å²) in [6.07, 6.45) is 1.64. The molecule has 178 valence electrons. The molecular formula is C29H30N4O2. The summed E-state index contributed by atoms with van der Waals surface area (Å²) in [6.45, 7) is 7.98. The largest absolute Gasteiger partial charge is 0.450 e. The smallest absolute Gasteiger partial charge is 0.254 e. The van der Waals surface area contributed by atoms with Crippen LogP contribution >= 0.6 is 0 Å². The molecule has 2 aliphatic rings. The number of fused-ring (bicyclic) bond motifs is 1. The van der Waals surface area contributed by atoms with E-state index in [1.807, 2.05) is 42.6 Å². The fraction of sp³-hybridized carbons (Fsp3) is 0.276. The summed E-state index contributed by atoms with van der Waals surface area (Å²) in [5.41, 5.74) is 4.98. The minimum atomic E-state index is -0.220. The fourth-order valence-electron chi connectivity index (χ4n) is 5.03. The van der Waals surface area contributed by atoms with E-state index in [0.29, 0.717) is 0 Å². The third kappa shape index (κ3) is 4.55. The Hall–Kier alpha value is -3.61. The standard InChI is InChI=1S/C29H30N4O2/c1-22-24(19-25(23-9-3-2-4-10-23)33(22)28-13-7-8-14-30-28)20-31-15-17-32(18-16-31)21-29-34-26-11-5-6-12-27(26)35-29/h2-14,19,29H,15-18,20-21H2,1H3. The van der Waals surface area contributed by atoms with Crippen molar-refractivity contribution in [3.63, 3.8) is 0 Å². The van der Waals surface area contributed by atoms with E-state index in [0.717, 1.165) is 56.6 Å². The molecule has 0 radical (unpaired) electrons. The van der Waals surface area contributed by atoms with Crippen LogP contribution in [-0.4, -0.2) is 58.4 Å². The minimum Gasteiger partial charge on any atom is -0.450 e. The number of aromatic nitrogens is 2. The first kappa shape index (κ1) is 21.9. The Labute approximate surface area is 206 Å². The van der Waals surface area contributed by atoms with Crippen LogP contribution in [-0.2, 0) is 6.54 Å². The molecule has 6 rings (SSSR count). The summed E-state index contributed by atoms with van der Waals surface area (Å²) < 4.78 is 14.2. The van der Waals surface area contributed by atoms with Crippen molar-refractivity contribution in [2.24, 2.45) is 0 Å². The van der Waals surface area contributed by atoms with Crippen LogP contribution in [0.5, 0.6) is 11.5 Å². The second kappa shape index (κ2) is 9.56. The molecule has 2 aromatic heterocycles. The molecule has 0 spiro atoms. The monoisotopic (exact) mass is 466 g/mol. The topological polar surface area (TPSA) is 42.8 Å². The highest BCUT2D eigenvalue weighted by Crippen LogP contribution is 2.34. The quantitative estimate of drug-likeness (QED) is 0.410. The fourth-order valence-corrected chi connectivity index (χ4v) is 5.03. The molecule has 0 aliphatic carbocycles. The number of nitrogens with zero attached hydrogens (tertiary/aromatic N) is 4. The van der Waals surface area contributed by atoms with Crippen molar-refractivity contribution in [2.75, 3.05) is 32.7 Å². The normalized spacial score (nSPS) is 16.6. The van der Waals surface area contributed by atoms with E-state index in [9.17, 15) is 0 Å². The van der Waals surface area contributed by atoms with Crippen LogP contribution < -0.4 is 9.47 Å². The molecule has 35 heavy (non-hydrogen) atoms. The summed E-state index contributed by atoms with van der Waals surface area (Å²) in [5, 5.41) is 0. The van der Waals surface area contributed by atoms with Crippen LogP contribution in [0.1, 0.15) is 11.3 Å². The molecule has 1 fully saturated rings. The average Bonchev–Trinajstić information content (AvgIpc) is 3.46. The molecule has 0 bridgehead atoms. The molecule has 4 aromatic rings. The van der Waals surface area contributed by atoms with E-state index < -0.39 is 0 Å². The molecule has 0 atom stereocenters. The zero-order chi connectivity index (χ0) is 23.6. The molecule has 2 aliphatic heterocycles. The van der Waals surface area contributed by atoms with Crippen molar-refractivity contribution in [2.45, 2.75) is 19.8 Å². The van der Waals surface area contributed by atoms with E-state index >= 15 is 0 Å². The Morgan fingerprint density at radius 3 is 2.14 bits per heavy atom. The molecule has 6 heteroatoms. The van der Waals surface area contributed by atoms with Gasteiger partial charge in [-0.25, -0.2) is 4.98 Å². The van der Waals surface area contributed by atoms with Crippen LogP contribution in [0.4, 0.5) is 0 Å². The number of rotatable bonds is 6. The first-order valence-corrected chi connectivity index (χ1v) is 12.3. The molecule has 6 nitrogen and oxygen atoms in total. The maximum atomic E-state index is 5.96. The van der Waals surface area contributed by atoms with Crippen molar-refractivity contribution >= 4 is 0 Å². The van der Waals surface area contributed by atoms with Crippen LogP contribution in [0, 0.1) is 6.92 Å². The first-order chi connectivity index (χ1) is 17.2. The Balaban J connectivity index is 1.14. The molecule has 1 saturated heterocycles. The highest BCUT2D eigenvalue weighted by Gasteiger charge is 2.28. The van der Waals surface area contributed by atoms with Gasteiger partial charge in [0.05, 0.1) is 12.2 Å². The van der Waals surface area contributed by atoms with Gasteiger partial charge < -0.3 is 9.47 Å². The summed E-state index contributed by atoms with van der Waals surface area (Å²) in [6, 6.07) is 26.9. The van der Waals surface area contributed by atoms with Crippen LogP contribution in [0.25, 0.3) is 17.1 Å². The average molecular weight is 467 g/mol. The minimum absolute atomic E-state index is 0.220. The number of hydrogen-bond donors (Lipinski definition) is 0. The third-order valence-electron chi connectivity index (χ3n) is 6.93. The van der Waals surface area contributed by atoms with Crippen LogP contribution in [0.3, 0.4) is 0 Å². The lowest BCUT2D eigenvalue weighted by atomic mass is 10.1. The van der Waals surface area contributed by atoms with Crippen molar-refractivity contribution < 1.29 is 9.47 Å². The SMILES string of the molecule is Cc1c(CN2CCN(CC3Oc4ccccc4O3)CC2)cc(-c2ccccc2)n1-c1ccccn1. The molecule has 0 N–H and O–H groups in total. The van der Waals surface area contributed by atoms with Gasteiger partial charge in [0, 0.05) is 44.6 Å². The second-order valence-corrected chi connectivity index (χ2v) is 9.22. The first-order valence-electron chi connectivity index (χ1n) is 12.3. The molecular weight excluding hydrogens is 436 g/mol. The Kier molecular flexibility index (Phi) is 5.98. The maximum absolute atomic E-state index is 5.96. The van der Waals surface area contributed by atoms with E-state index in [1.165, 1.54) is 22.5 Å². The van der Waals surface area contributed by atoms with Gasteiger partial charge in [-0.2, -0.15) is 0 Å². The molecule has 2 aromatic carbocycles. The lowest BCUT2D eigenvalue weighted by molar-refractivity contribution is 0.000661. The highest BCUT2D eigenvalue weighted by molar-refractivity contribution is 5.65. The maximum Gasteiger partial charge on any atom is 0.254 e. The van der Waals surface area contributed by atoms with Crippen molar-refractivity contribution in [1.29, 1.82) is 0 Å². The van der Waals surface area contributed by atoms with E-state index in [2.05, 4.69) is 68.7 Å². The second-order valence-electron chi connectivity index (χ2n) is 9.22. The third-order valence-corrected chi connectivity index (χ3v) is 6.93. The summed E-state index contributed by atoms with van der Waals surface area (Å²) in [7, 11) is 0. The van der Waals surface area contributed by atoms with Gasteiger partial charge in [-0.15, -0.1) is 0 Å². The van der Waals surface area contributed by atoms with Gasteiger partial charge in [0.2, 0.25) is 0 Å². The van der Waals surface area contributed by atoms with Crippen LogP contribution in [0.2, 0.25) is 0 Å². The van der Waals surface area contributed by atoms with E-state index in [4.69, 9.17) is 9.47 Å². The Morgan fingerprint density at radius 1 is 0.800 bits per heavy atom. The predicted octanol–water partition coefficient (Wildman–Crippen LogP) is 4.76. The van der Waals surface area contributed by atoms with Crippen molar-refractivity contribution in [1.82, 2.24) is 19.4 Å². The molecule has 0 amide bonds. The summed E-state index contributed by atoms with van der Waals surface area (Å²) >= 11 is 0. The zero-order valence-electron chi connectivity index (χ0n) is 20.0. The zero-order valence-corrected chi connectivity index (χ0v) is 20.0. The number of piperazine rings is 1. The summed E-state index contributed by atoms with van der Waals surface area (Å²) in [4.78, 5) is 9.63. The van der Waals surface area contributed by atoms with Crippen molar-refractivity contribution in [3.05, 3.63) is 96.3 Å². The lowest BCUT2D eigenvalue weighted by Crippen LogP contribution is -2.49. The number of para-hydroxylation sites is 2. The van der Waals surface area contributed by atoms with E-state index in [-0.39, 0.29) is 6.29 Å². The number of benzene rings is 2. The van der Waals surface area contributed by atoms with Gasteiger partial charge in [0.1, 0.15) is 5.82 Å². The van der Waals surface area contributed by atoms with Crippen molar-refractivity contribution in [3.8, 4) is 28.6 Å². The van der Waals surface area contributed by atoms with Gasteiger partial charge in [0.15, 0.2) is 11.5 Å². The number of pyridine rings is 1. The Bertz CT molecular complexity index is 1260. The van der Waals surface area contributed by atoms with Crippen LogP contribution in [0.15, 0.2) is 85.1 Å². The van der Waals surface area contributed by atoms with Gasteiger partial charge in [0.25, 0.3) is 6.29 Å². The number of ether oxygens (including phenoxy) is 2.